The number of aromatic nitrogens is 1. The molecule has 0 saturated carbocycles. The zero-order valence-corrected chi connectivity index (χ0v) is 15.3. The molecule has 2 aromatic rings. The van der Waals surface area contributed by atoms with E-state index in [1.165, 1.54) is 0 Å². The number of ether oxygens (including phenoxy) is 1. The second-order valence-corrected chi connectivity index (χ2v) is 7.21. The monoisotopic (exact) mass is 359 g/mol. The summed E-state index contributed by atoms with van der Waals surface area (Å²) >= 11 is 1.56. The molecule has 0 aliphatic carbocycles. The third-order valence-electron chi connectivity index (χ3n) is 4.31. The van der Waals surface area contributed by atoms with Gasteiger partial charge in [-0.3, -0.25) is 9.59 Å². The zero-order valence-electron chi connectivity index (χ0n) is 14.5. The van der Waals surface area contributed by atoms with E-state index >= 15 is 0 Å². The van der Waals surface area contributed by atoms with Gasteiger partial charge in [-0.05, 0) is 12.5 Å². The quantitative estimate of drug-likeness (QED) is 0.838. The second-order valence-electron chi connectivity index (χ2n) is 6.14. The molecule has 0 N–H and O–H groups in total. The Morgan fingerprint density at radius 2 is 2.12 bits per heavy atom. The van der Waals surface area contributed by atoms with Gasteiger partial charge in [-0.15, -0.1) is 11.3 Å². The third kappa shape index (κ3) is 3.72. The molecule has 2 amide bonds. The zero-order chi connectivity index (χ0) is 18.0. The lowest BCUT2D eigenvalue weighted by Crippen LogP contribution is -2.53. The fourth-order valence-electron chi connectivity index (χ4n) is 2.99. The Morgan fingerprint density at radius 1 is 1.40 bits per heavy atom. The van der Waals surface area contributed by atoms with Crippen LogP contribution >= 0.6 is 11.3 Å². The molecule has 2 atom stereocenters. The van der Waals surface area contributed by atoms with Crippen molar-refractivity contribution < 1.29 is 14.3 Å². The normalized spacial score (nSPS) is 20.6. The van der Waals surface area contributed by atoms with Gasteiger partial charge in [-0.1, -0.05) is 30.3 Å². The molecule has 2 unspecified atom stereocenters. The maximum absolute atomic E-state index is 13.0. The van der Waals surface area contributed by atoms with Crippen molar-refractivity contribution in [1.82, 2.24) is 14.8 Å². The molecule has 25 heavy (non-hydrogen) atoms. The van der Waals surface area contributed by atoms with E-state index in [9.17, 15) is 9.59 Å². The largest absolute Gasteiger partial charge is 0.356 e. The van der Waals surface area contributed by atoms with Crippen molar-refractivity contribution in [3.05, 3.63) is 52.0 Å². The molecule has 1 fully saturated rings. The highest BCUT2D eigenvalue weighted by Gasteiger charge is 2.41. The number of amides is 2. The van der Waals surface area contributed by atoms with E-state index in [-0.39, 0.29) is 18.4 Å². The molecule has 0 bridgehead atoms. The molecule has 1 aliphatic rings. The third-order valence-corrected chi connectivity index (χ3v) is 5.13. The summed E-state index contributed by atoms with van der Waals surface area (Å²) in [5, 5.41) is 2.92. The number of thiazole rings is 1. The van der Waals surface area contributed by atoms with Crippen LogP contribution < -0.4 is 0 Å². The molecule has 0 radical (unpaired) electrons. The average molecular weight is 359 g/mol. The van der Waals surface area contributed by atoms with E-state index < -0.39 is 12.1 Å². The van der Waals surface area contributed by atoms with Crippen LogP contribution in [0.15, 0.2) is 35.7 Å². The predicted octanol–water partition coefficient (Wildman–Crippen LogP) is 2.01. The molecule has 2 heterocycles. The van der Waals surface area contributed by atoms with Gasteiger partial charge in [0, 0.05) is 19.5 Å². The number of hydrogen-bond donors (Lipinski definition) is 0. The Kier molecular flexibility index (Phi) is 5.15. The van der Waals surface area contributed by atoms with Crippen LogP contribution in [0.5, 0.6) is 0 Å². The number of morpholine rings is 1. The molecular weight excluding hydrogens is 338 g/mol. The van der Waals surface area contributed by atoms with Crippen molar-refractivity contribution in [2.45, 2.75) is 25.6 Å². The Hall–Kier alpha value is -2.25. The van der Waals surface area contributed by atoms with Crippen molar-refractivity contribution >= 4 is 23.2 Å². The first kappa shape index (κ1) is 17.6. The van der Waals surface area contributed by atoms with Gasteiger partial charge < -0.3 is 14.5 Å². The van der Waals surface area contributed by atoms with E-state index in [4.69, 9.17) is 4.74 Å². The van der Waals surface area contributed by atoms with Gasteiger partial charge in [0.1, 0.15) is 6.61 Å². The minimum absolute atomic E-state index is 0.0834. The van der Waals surface area contributed by atoms with Gasteiger partial charge in [-0.2, -0.15) is 0 Å². The molecule has 3 rings (SSSR count). The van der Waals surface area contributed by atoms with Crippen LogP contribution in [0.2, 0.25) is 0 Å². The van der Waals surface area contributed by atoms with Crippen LogP contribution in [0.1, 0.15) is 22.3 Å². The Labute approximate surface area is 151 Å². The van der Waals surface area contributed by atoms with Crippen LogP contribution in [0.25, 0.3) is 0 Å². The van der Waals surface area contributed by atoms with Crippen LogP contribution in [0.4, 0.5) is 0 Å². The summed E-state index contributed by atoms with van der Waals surface area (Å²) in [5.41, 5.74) is 1.74. The summed E-state index contributed by atoms with van der Waals surface area (Å²) in [6, 6.07) is 9.08. The van der Waals surface area contributed by atoms with E-state index in [1.54, 1.807) is 35.2 Å². The van der Waals surface area contributed by atoms with Crippen molar-refractivity contribution in [3.63, 3.8) is 0 Å². The van der Waals surface area contributed by atoms with Crippen molar-refractivity contribution in [2.75, 3.05) is 20.7 Å². The Balaban J connectivity index is 1.82. The highest BCUT2D eigenvalue weighted by Crippen LogP contribution is 2.30. The fourth-order valence-corrected chi connectivity index (χ4v) is 3.59. The summed E-state index contributed by atoms with van der Waals surface area (Å²) in [7, 11) is 3.45. The lowest BCUT2D eigenvalue weighted by molar-refractivity contribution is -0.167. The number of nitrogens with zero attached hydrogens (tertiary/aromatic N) is 3. The van der Waals surface area contributed by atoms with Gasteiger partial charge in [0.25, 0.3) is 5.91 Å². The molecule has 0 spiro atoms. The number of rotatable bonds is 4. The molecule has 1 aromatic heterocycles. The number of benzene rings is 1. The molecule has 1 saturated heterocycles. The summed E-state index contributed by atoms with van der Waals surface area (Å²) in [6.45, 7) is 2.27. The van der Waals surface area contributed by atoms with Crippen LogP contribution in [-0.4, -0.2) is 53.4 Å². The first-order valence-electron chi connectivity index (χ1n) is 8.05. The minimum atomic E-state index is -0.727. The summed E-state index contributed by atoms with van der Waals surface area (Å²) < 4.78 is 5.65. The van der Waals surface area contributed by atoms with Gasteiger partial charge in [-0.25, -0.2) is 4.98 Å². The molecule has 1 aliphatic heterocycles. The van der Waals surface area contributed by atoms with Crippen molar-refractivity contribution in [1.29, 1.82) is 0 Å². The van der Waals surface area contributed by atoms with E-state index in [1.807, 2.05) is 42.6 Å². The Morgan fingerprint density at radius 3 is 2.76 bits per heavy atom. The highest BCUT2D eigenvalue weighted by atomic mass is 32.1. The molecular formula is C18H21N3O3S. The van der Waals surface area contributed by atoms with Gasteiger partial charge >= 0.3 is 0 Å². The maximum Gasteiger partial charge on any atom is 0.254 e. The van der Waals surface area contributed by atoms with Crippen LogP contribution in [0, 0.1) is 6.92 Å². The van der Waals surface area contributed by atoms with E-state index in [0.29, 0.717) is 6.54 Å². The number of carbonyl (C=O) groups is 2. The lowest BCUT2D eigenvalue weighted by atomic mass is 9.97. The van der Waals surface area contributed by atoms with Gasteiger partial charge in [0.2, 0.25) is 5.91 Å². The SMILES string of the molecule is Cc1nc(CN(C)C(=O)C2OCC(=O)N(C)C2c2ccccc2)cs1. The predicted molar refractivity (Wildman–Crippen MR) is 95.0 cm³/mol. The summed E-state index contributed by atoms with van der Waals surface area (Å²) in [6.07, 6.45) is -0.727. The number of hydrogen-bond acceptors (Lipinski definition) is 5. The number of likely N-dealkylation sites (N-methyl/N-ethyl adjacent to an activating group) is 2. The minimum Gasteiger partial charge on any atom is -0.356 e. The molecule has 7 heteroatoms. The lowest BCUT2D eigenvalue weighted by Gasteiger charge is -2.39. The van der Waals surface area contributed by atoms with Gasteiger partial charge in [0.05, 0.1) is 23.3 Å². The Bertz CT molecular complexity index is 762. The summed E-state index contributed by atoms with van der Waals surface area (Å²) in [4.78, 5) is 32.7. The fraction of sp³-hybridized carbons (Fsp3) is 0.389. The van der Waals surface area contributed by atoms with Crippen molar-refractivity contribution in [3.8, 4) is 0 Å². The standard InChI is InChI=1S/C18H21N3O3S/c1-12-19-14(11-25-12)9-20(2)18(23)17-16(13-7-5-4-6-8-13)21(3)15(22)10-24-17/h4-8,11,16-17H,9-10H2,1-3H3. The van der Waals surface area contributed by atoms with Gasteiger partial charge in [0.15, 0.2) is 6.10 Å². The van der Waals surface area contributed by atoms with E-state index in [2.05, 4.69) is 4.98 Å². The smallest absolute Gasteiger partial charge is 0.254 e. The number of carbonyl (C=O) groups excluding carboxylic acids is 2. The first-order chi connectivity index (χ1) is 12.0. The van der Waals surface area contributed by atoms with Crippen molar-refractivity contribution in [2.24, 2.45) is 0 Å². The second kappa shape index (κ2) is 7.33. The van der Waals surface area contributed by atoms with Crippen LogP contribution in [-0.2, 0) is 20.9 Å². The molecule has 132 valence electrons. The summed E-state index contributed by atoms with van der Waals surface area (Å²) in [5.74, 6) is -0.283. The van der Waals surface area contributed by atoms with Crippen LogP contribution in [0.3, 0.4) is 0 Å². The molecule has 6 nitrogen and oxygen atoms in total. The number of aryl methyl sites for hydroxylation is 1. The first-order valence-corrected chi connectivity index (χ1v) is 8.93. The highest BCUT2D eigenvalue weighted by molar-refractivity contribution is 7.09. The maximum atomic E-state index is 13.0. The molecule has 1 aromatic carbocycles. The average Bonchev–Trinajstić information content (AvgIpc) is 3.02. The van der Waals surface area contributed by atoms with E-state index in [0.717, 1.165) is 16.3 Å². The topological polar surface area (TPSA) is 62.7 Å².